The monoisotopic (exact) mass is 492 g/mol. The maximum absolute atomic E-state index is 13.9. The fourth-order valence-electron chi connectivity index (χ4n) is 4.01. The lowest BCUT2D eigenvalue weighted by atomic mass is 9.94. The van der Waals surface area contributed by atoms with Gasteiger partial charge in [0.15, 0.2) is 5.16 Å². The van der Waals surface area contributed by atoms with Crippen molar-refractivity contribution in [3.05, 3.63) is 75.0 Å². The number of benzene rings is 1. The van der Waals surface area contributed by atoms with Crippen molar-refractivity contribution in [2.45, 2.75) is 44.6 Å². The van der Waals surface area contributed by atoms with Gasteiger partial charge < -0.3 is 10.1 Å². The highest BCUT2D eigenvalue weighted by Crippen LogP contribution is 2.38. The van der Waals surface area contributed by atoms with Crippen molar-refractivity contribution in [2.75, 3.05) is 11.1 Å². The number of aryl methyl sites for hydroxylation is 1. The van der Waals surface area contributed by atoms with Gasteiger partial charge in [-0.2, -0.15) is 0 Å². The number of aromatic nitrogens is 3. The van der Waals surface area contributed by atoms with Crippen LogP contribution in [0.2, 0.25) is 0 Å². The molecule has 4 heterocycles. The van der Waals surface area contributed by atoms with E-state index in [0.29, 0.717) is 34.2 Å². The molecule has 0 saturated carbocycles. The summed E-state index contributed by atoms with van der Waals surface area (Å²) in [5.41, 5.74) is 2.35. The summed E-state index contributed by atoms with van der Waals surface area (Å²) in [5.74, 6) is 0.372. The number of nitrogens with one attached hydrogen (secondary N) is 1. The Labute approximate surface area is 205 Å². The van der Waals surface area contributed by atoms with E-state index in [2.05, 4.69) is 10.3 Å². The van der Waals surface area contributed by atoms with Crippen molar-refractivity contribution in [1.29, 1.82) is 0 Å². The van der Waals surface area contributed by atoms with Crippen molar-refractivity contribution < 1.29 is 9.53 Å². The summed E-state index contributed by atoms with van der Waals surface area (Å²) in [6.07, 6.45) is 2.28. The second-order valence-electron chi connectivity index (χ2n) is 8.83. The second-order valence-corrected chi connectivity index (χ2v) is 10.9. The molecule has 174 valence electrons. The molecule has 5 rings (SSSR count). The number of pyridine rings is 1. The number of hydrogen-bond acceptors (Lipinski definition) is 7. The van der Waals surface area contributed by atoms with Gasteiger partial charge in [-0.1, -0.05) is 30.0 Å². The van der Waals surface area contributed by atoms with Crippen molar-refractivity contribution in [3.8, 4) is 5.69 Å². The first-order valence-corrected chi connectivity index (χ1v) is 12.7. The zero-order chi connectivity index (χ0) is 23.9. The van der Waals surface area contributed by atoms with E-state index in [9.17, 15) is 9.59 Å². The Hall–Kier alpha value is -3.01. The first-order valence-electron chi connectivity index (χ1n) is 10.9. The standard InChI is InChI=1S/C25H24N4O3S2/c1-15-7-6-8-16(11-15)29-23(31)21-17-12-25(2,3)32-13-18(17)34-22(21)28-24(29)33-14-20(30)27-19-9-4-5-10-26-19/h4-11H,12-14H2,1-3H3,(H,26,27,30). The maximum Gasteiger partial charge on any atom is 0.267 e. The number of rotatable bonds is 5. The van der Waals surface area contributed by atoms with Crippen LogP contribution in [-0.2, 0) is 22.6 Å². The van der Waals surface area contributed by atoms with Crippen LogP contribution in [-0.4, -0.2) is 31.8 Å². The number of nitrogens with zero attached hydrogens (tertiary/aromatic N) is 3. The topological polar surface area (TPSA) is 86.1 Å². The van der Waals surface area contributed by atoms with Gasteiger partial charge in [0.05, 0.1) is 29.0 Å². The molecular weight excluding hydrogens is 468 g/mol. The van der Waals surface area contributed by atoms with Gasteiger partial charge in [-0.05, 0) is 56.2 Å². The third-order valence-electron chi connectivity index (χ3n) is 5.60. The lowest BCUT2D eigenvalue weighted by Crippen LogP contribution is -2.32. The summed E-state index contributed by atoms with van der Waals surface area (Å²) in [6, 6.07) is 13.1. The molecule has 0 fully saturated rings. The number of carbonyl (C=O) groups excluding carboxylic acids is 1. The van der Waals surface area contributed by atoms with Crippen LogP contribution >= 0.6 is 23.1 Å². The summed E-state index contributed by atoms with van der Waals surface area (Å²) < 4.78 is 7.60. The summed E-state index contributed by atoms with van der Waals surface area (Å²) in [5, 5.41) is 3.92. The SMILES string of the molecule is Cc1cccc(-n2c(SCC(=O)Nc3ccccn3)nc3sc4c(c3c2=O)CC(C)(C)OC4)c1. The Morgan fingerprint density at radius 1 is 1.26 bits per heavy atom. The molecule has 0 aliphatic carbocycles. The predicted molar refractivity (Wildman–Crippen MR) is 136 cm³/mol. The van der Waals surface area contributed by atoms with Gasteiger partial charge >= 0.3 is 0 Å². The summed E-state index contributed by atoms with van der Waals surface area (Å²) in [7, 11) is 0. The van der Waals surface area contributed by atoms with Crippen molar-refractivity contribution >= 4 is 45.0 Å². The third-order valence-corrected chi connectivity index (χ3v) is 7.64. The summed E-state index contributed by atoms with van der Waals surface area (Å²) in [4.78, 5) is 37.2. The van der Waals surface area contributed by atoms with Gasteiger partial charge in [-0.25, -0.2) is 9.97 Å². The second kappa shape index (κ2) is 8.98. The molecule has 9 heteroatoms. The van der Waals surface area contributed by atoms with Crippen LogP contribution in [0.4, 0.5) is 5.82 Å². The number of amides is 1. The average molecular weight is 493 g/mol. The molecule has 3 aromatic heterocycles. The predicted octanol–water partition coefficient (Wildman–Crippen LogP) is 4.73. The van der Waals surface area contributed by atoms with E-state index in [4.69, 9.17) is 9.72 Å². The minimum atomic E-state index is -0.335. The fraction of sp³-hybridized carbons (Fsp3) is 0.280. The number of hydrogen-bond donors (Lipinski definition) is 1. The molecule has 1 aliphatic rings. The number of thioether (sulfide) groups is 1. The number of ether oxygens (including phenoxy) is 1. The van der Waals surface area contributed by atoms with Gasteiger partial charge in [0.25, 0.3) is 5.56 Å². The minimum absolute atomic E-state index is 0.0988. The highest BCUT2D eigenvalue weighted by atomic mass is 32.2. The smallest absolute Gasteiger partial charge is 0.267 e. The zero-order valence-corrected chi connectivity index (χ0v) is 20.8. The largest absolute Gasteiger partial charge is 0.370 e. The van der Waals surface area contributed by atoms with Gasteiger partial charge in [-0.15, -0.1) is 11.3 Å². The molecule has 0 saturated heterocycles. The molecular formula is C25H24N4O3S2. The van der Waals surface area contributed by atoms with E-state index in [1.807, 2.05) is 51.1 Å². The number of fused-ring (bicyclic) bond motifs is 3. The van der Waals surface area contributed by atoms with E-state index in [1.54, 1.807) is 22.9 Å². The van der Waals surface area contributed by atoms with Crippen LogP contribution in [0.5, 0.6) is 0 Å². The zero-order valence-electron chi connectivity index (χ0n) is 19.1. The van der Waals surface area contributed by atoms with Crippen LogP contribution in [0, 0.1) is 6.92 Å². The number of carbonyl (C=O) groups is 1. The van der Waals surface area contributed by atoms with Crippen LogP contribution in [0.3, 0.4) is 0 Å². The number of anilines is 1. The highest BCUT2D eigenvalue weighted by Gasteiger charge is 2.31. The van der Waals surface area contributed by atoms with E-state index in [1.165, 1.54) is 23.1 Å². The van der Waals surface area contributed by atoms with Gasteiger partial charge in [0.1, 0.15) is 10.6 Å². The maximum atomic E-state index is 13.9. The van der Waals surface area contributed by atoms with Crippen LogP contribution < -0.4 is 10.9 Å². The third kappa shape index (κ3) is 4.51. The molecule has 34 heavy (non-hydrogen) atoms. The Bertz CT molecular complexity index is 1440. The lowest BCUT2D eigenvalue weighted by Gasteiger charge is -2.29. The van der Waals surface area contributed by atoms with E-state index in [-0.39, 0.29) is 22.8 Å². The highest BCUT2D eigenvalue weighted by molar-refractivity contribution is 7.99. The Kier molecular flexibility index (Phi) is 6.01. The van der Waals surface area contributed by atoms with Crippen molar-refractivity contribution in [1.82, 2.24) is 14.5 Å². The molecule has 0 radical (unpaired) electrons. The average Bonchev–Trinajstić information content (AvgIpc) is 3.15. The molecule has 0 atom stereocenters. The fourth-order valence-corrected chi connectivity index (χ4v) is 5.97. The van der Waals surface area contributed by atoms with Gasteiger partial charge in [-0.3, -0.25) is 14.2 Å². The summed E-state index contributed by atoms with van der Waals surface area (Å²) in [6.45, 7) is 6.54. The first-order chi connectivity index (χ1) is 16.3. The van der Waals surface area contributed by atoms with E-state index in [0.717, 1.165) is 21.7 Å². The molecule has 4 aromatic rings. The molecule has 7 nitrogen and oxygen atoms in total. The van der Waals surface area contributed by atoms with Crippen molar-refractivity contribution in [3.63, 3.8) is 0 Å². The Balaban J connectivity index is 1.57. The molecule has 1 aromatic carbocycles. The number of thiophene rings is 1. The normalized spacial score (nSPS) is 14.7. The van der Waals surface area contributed by atoms with Crippen LogP contribution in [0.25, 0.3) is 15.9 Å². The first kappa shape index (κ1) is 22.8. The molecule has 1 amide bonds. The van der Waals surface area contributed by atoms with Crippen molar-refractivity contribution in [2.24, 2.45) is 0 Å². The molecule has 1 aliphatic heterocycles. The summed E-state index contributed by atoms with van der Waals surface area (Å²) >= 11 is 2.74. The lowest BCUT2D eigenvalue weighted by molar-refractivity contribution is -0.113. The Morgan fingerprint density at radius 2 is 2.12 bits per heavy atom. The van der Waals surface area contributed by atoms with E-state index >= 15 is 0 Å². The quantitative estimate of drug-likeness (QED) is 0.320. The molecule has 0 bridgehead atoms. The minimum Gasteiger partial charge on any atom is -0.370 e. The molecule has 1 N–H and O–H groups in total. The van der Waals surface area contributed by atoms with Crippen LogP contribution in [0.15, 0.2) is 58.6 Å². The van der Waals surface area contributed by atoms with E-state index < -0.39 is 0 Å². The van der Waals surface area contributed by atoms with Crippen LogP contribution in [0.1, 0.15) is 29.9 Å². The van der Waals surface area contributed by atoms with Gasteiger partial charge in [0.2, 0.25) is 5.91 Å². The molecule has 0 spiro atoms. The van der Waals surface area contributed by atoms with Gasteiger partial charge in [0, 0.05) is 17.5 Å². The molecule has 0 unspecified atom stereocenters. The Morgan fingerprint density at radius 3 is 2.88 bits per heavy atom.